The fourth-order valence-corrected chi connectivity index (χ4v) is 3.62. The maximum atomic E-state index is 12.7. The summed E-state index contributed by atoms with van der Waals surface area (Å²) in [5.41, 5.74) is 0.750. The monoisotopic (exact) mass is 405 g/mol. The lowest BCUT2D eigenvalue weighted by atomic mass is 10.0. The number of anilines is 2. The van der Waals surface area contributed by atoms with Crippen molar-refractivity contribution in [1.82, 2.24) is 10.3 Å². The maximum Gasteiger partial charge on any atom is 0.227 e. The number of nitrogens with one attached hydrogen (secondary N) is 1. The highest BCUT2D eigenvalue weighted by atomic mass is 16.2. The number of aromatic nitrogens is 1. The van der Waals surface area contributed by atoms with E-state index in [0.29, 0.717) is 6.54 Å². The Morgan fingerprint density at radius 2 is 1.83 bits per heavy atom. The average Bonchev–Trinajstić information content (AvgIpc) is 2.80. The van der Waals surface area contributed by atoms with Gasteiger partial charge >= 0.3 is 0 Å². The van der Waals surface area contributed by atoms with E-state index in [2.05, 4.69) is 21.3 Å². The average molecular weight is 406 g/mol. The molecule has 1 aromatic carbocycles. The van der Waals surface area contributed by atoms with E-state index in [1.165, 1.54) is 0 Å². The van der Waals surface area contributed by atoms with Gasteiger partial charge in [0, 0.05) is 50.4 Å². The van der Waals surface area contributed by atoms with Crippen LogP contribution in [0.25, 0.3) is 0 Å². The normalized spacial score (nSPS) is 14.0. The smallest absolute Gasteiger partial charge is 0.227 e. The van der Waals surface area contributed by atoms with E-state index in [1.807, 2.05) is 48.5 Å². The first-order chi connectivity index (χ1) is 14.7. The van der Waals surface area contributed by atoms with Crippen molar-refractivity contribution in [2.75, 3.05) is 29.4 Å². The van der Waals surface area contributed by atoms with E-state index in [-0.39, 0.29) is 37.1 Å². The largest absolute Gasteiger partial charge is 0.356 e. The number of amides is 2. The van der Waals surface area contributed by atoms with Crippen molar-refractivity contribution in [2.45, 2.75) is 38.1 Å². The maximum absolute atomic E-state index is 12.7. The number of hydrogen-bond acceptors (Lipinski definition) is 5. The molecule has 0 spiro atoms. The van der Waals surface area contributed by atoms with Crippen LogP contribution in [0.5, 0.6) is 0 Å². The van der Waals surface area contributed by atoms with Crippen LogP contribution in [0, 0.1) is 11.3 Å². The molecule has 1 N–H and O–H groups in total. The van der Waals surface area contributed by atoms with Gasteiger partial charge in [-0.05, 0) is 37.1 Å². The predicted octanol–water partition coefficient (Wildman–Crippen LogP) is 2.89. The number of nitrogens with zero attached hydrogens (tertiary/aromatic N) is 4. The van der Waals surface area contributed by atoms with Crippen molar-refractivity contribution in [3.8, 4) is 6.07 Å². The van der Waals surface area contributed by atoms with Crippen molar-refractivity contribution >= 4 is 23.3 Å². The topological polar surface area (TPSA) is 89.3 Å². The lowest BCUT2D eigenvalue weighted by molar-refractivity contribution is -0.125. The zero-order chi connectivity index (χ0) is 21.2. The molecule has 7 heteroatoms. The highest BCUT2D eigenvalue weighted by molar-refractivity contribution is 5.95. The molecule has 0 aliphatic carbocycles. The Labute approximate surface area is 177 Å². The summed E-state index contributed by atoms with van der Waals surface area (Å²) in [6, 6.07) is 17.3. The number of carbonyl (C=O) groups excluding carboxylic acids is 2. The van der Waals surface area contributed by atoms with E-state index in [1.54, 1.807) is 11.1 Å². The molecule has 1 fully saturated rings. The number of hydrogen-bond donors (Lipinski definition) is 1. The van der Waals surface area contributed by atoms with Gasteiger partial charge in [0.05, 0.1) is 12.5 Å². The van der Waals surface area contributed by atoms with Crippen molar-refractivity contribution in [2.24, 2.45) is 0 Å². The van der Waals surface area contributed by atoms with Crippen LogP contribution in [0.2, 0.25) is 0 Å². The molecule has 0 unspecified atom stereocenters. The third kappa shape index (κ3) is 6.05. The Morgan fingerprint density at radius 3 is 2.50 bits per heavy atom. The highest BCUT2D eigenvalue weighted by Crippen LogP contribution is 2.18. The molecule has 0 bridgehead atoms. The lowest BCUT2D eigenvalue weighted by Crippen LogP contribution is -2.45. The first kappa shape index (κ1) is 21.3. The number of benzene rings is 1. The van der Waals surface area contributed by atoms with Gasteiger partial charge in [0.2, 0.25) is 11.8 Å². The molecule has 1 aliphatic heterocycles. The van der Waals surface area contributed by atoms with Crippen molar-refractivity contribution < 1.29 is 9.59 Å². The molecular formula is C23H27N5O2. The van der Waals surface area contributed by atoms with Gasteiger partial charge in [-0.25, -0.2) is 4.98 Å². The van der Waals surface area contributed by atoms with Crippen LogP contribution in [0.4, 0.5) is 11.5 Å². The second-order valence-corrected chi connectivity index (χ2v) is 7.31. The molecule has 0 saturated carbocycles. The number of carbonyl (C=O) groups is 2. The van der Waals surface area contributed by atoms with Crippen LogP contribution in [0.3, 0.4) is 0 Å². The summed E-state index contributed by atoms with van der Waals surface area (Å²) in [6.45, 7) is 2.01. The van der Waals surface area contributed by atoms with E-state index in [9.17, 15) is 9.59 Å². The van der Waals surface area contributed by atoms with Gasteiger partial charge in [-0.3, -0.25) is 9.59 Å². The van der Waals surface area contributed by atoms with Crippen molar-refractivity contribution in [3.63, 3.8) is 0 Å². The molecule has 0 atom stereocenters. The summed E-state index contributed by atoms with van der Waals surface area (Å²) in [6.07, 6.45) is 4.02. The van der Waals surface area contributed by atoms with Crippen LogP contribution < -0.4 is 15.1 Å². The third-order valence-electron chi connectivity index (χ3n) is 5.22. The van der Waals surface area contributed by atoms with Gasteiger partial charge in [-0.1, -0.05) is 24.3 Å². The molecular weight excluding hydrogens is 378 g/mol. The summed E-state index contributed by atoms with van der Waals surface area (Å²) in [7, 11) is 0. The van der Waals surface area contributed by atoms with Crippen LogP contribution in [-0.4, -0.2) is 42.5 Å². The standard InChI is InChI=1S/C23H27N5O2/c24-14-6-16-28(20-7-2-1-3-8-20)23(30)11-10-22(29)26-19-12-17-27(18-13-19)21-9-4-5-15-25-21/h1-5,7-9,15,19H,6,10-13,16-18H2,(H,26,29). The molecule has 2 heterocycles. The minimum Gasteiger partial charge on any atom is -0.356 e. The van der Waals surface area contributed by atoms with Gasteiger partial charge in [0.1, 0.15) is 5.82 Å². The molecule has 2 aromatic rings. The van der Waals surface area contributed by atoms with E-state index >= 15 is 0 Å². The Balaban J connectivity index is 1.44. The first-order valence-electron chi connectivity index (χ1n) is 10.3. The second kappa shape index (κ2) is 11.0. The lowest BCUT2D eigenvalue weighted by Gasteiger charge is -2.33. The Kier molecular flexibility index (Phi) is 7.78. The molecule has 3 rings (SSSR count). The van der Waals surface area contributed by atoms with Crippen LogP contribution in [0.1, 0.15) is 32.1 Å². The quantitative estimate of drug-likeness (QED) is 0.729. The van der Waals surface area contributed by atoms with Crippen LogP contribution in [0.15, 0.2) is 54.7 Å². The number of pyridine rings is 1. The van der Waals surface area contributed by atoms with E-state index < -0.39 is 0 Å². The molecule has 1 saturated heterocycles. The van der Waals surface area contributed by atoms with Gasteiger partial charge in [0.15, 0.2) is 0 Å². The second-order valence-electron chi connectivity index (χ2n) is 7.31. The first-order valence-corrected chi connectivity index (χ1v) is 10.3. The van der Waals surface area contributed by atoms with Crippen LogP contribution >= 0.6 is 0 Å². The Morgan fingerprint density at radius 1 is 1.10 bits per heavy atom. The molecule has 30 heavy (non-hydrogen) atoms. The zero-order valence-electron chi connectivity index (χ0n) is 17.0. The zero-order valence-corrected chi connectivity index (χ0v) is 17.0. The third-order valence-corrected chi connectivity index (χ3v) is 5.22. The number of nitriles is 1. The Bertz CT molecular complexity index is 858. The summed E-state index contributed by atoms with van der Waals surface area (Å²) < 4.78 is 0. The summed E-state index contributed by atoms with van der Waals surface area (Å²) in [5.74, 6) is 0.718. The SMILES string of the molecule is N#CCCN(C(=O)CCC(=O)NC1CCN(c2ccccn2)CC1)c1ccccc1. The van der Waals surface area contributed by atoms with E-state index in [0.717, 1.165) is 37.4 Å². The molecule has 2 amide bonds. The molecule has 0 radical (unpaired) electrons. The predicted molar refractivity (Wildman–Crippen MR) is 116 cm³/mol. The number of piperidine rings is 1. The van der Waals surface area contributed by atoms with Crippen molar-refractivity contribution in [3.05, 3.63) is 54.7 Å². The minimum absolute atomic E-state index is 0.104. The highest BCUT2D eigenvalue weighted by Gasteiger charge is 2.22. The van der Waals surface area contributed by atoms with Gasteiger partial charge in [-0.15, -0.1) is 0 Å². The minimum atomic E-state index is -0.142. The fraction of sp³-hybridized carbons (Fsp3) is 0.391. The summed E-state index contributed by atoms with van der Waals surface area (Å²) in [4.78, 5) is 33.2. The summed E-state index contributed by atoms with van der Waals surface area (Å²) in [5, 5.41) is 11.9. The van der Waals surface area contributed by atoms with Crippen molar-refractivity contribution in [1.29, 1.82) is 5.26 Å². The molecule has 1 aliphatic rings. The van der Waals surface area contributed by atoms with E-state index in [4.69, 9.17) is 5.26 Å². The number of rotatable bonds is 8. The van der Waals surface area contributed by atoms with Crippen LogP contribution in [-0.2, 0) is 9.59 Å². The Hall–Kier alpha value is -3.40. The van der Waals surface area contributed by atoms with Gasteiger partial charge in [0.25, 0.3) is 0 Å². The summed E-state index contributed by atoms with van der Waals surface area (Å²) >= 11 is 0. The molecule has 1 aromatic heterocycles. The molecule has 7 nitrogen and oxygen atoms in total. The fourth-order valence-electron chi connectivity index (χ4n) is 3.62. The molecule has 156 valence electrons. The number of para-hydroxylation sites is 1. The van der Waals surface area contributed by atoms with Gasteiger partial charge < -0.3 is 15.1 Å². The van der Waals surface area contributed by atoms with Gasteiger partial charge in [-0.2, -0.15) is 5.26 Å².